The van der Waals surface area contributed by atoms with Crippen LogP contribution in [0.2, 0.25) is 0 Å². The molecular formula is C24H16F2N2O4. The molecule has 32 heavy (non-hydrogen) atoms. The molecule has 2 saturated heterocycles. The van der Waals surface area contributed by atoms with E-state index in [0.717, 1.165) is 9.80 Å². The number of anilines is 2. The minimum Gasteiger partial charge on any atom is -0.274 e. The molecule has 4 unspecified atom stereocenters. The van der Waals surface area contributed by atoms with Crippen LogP contribution >= 0.6 is 0 Å². The topological polar surface area (TPSA) is 74.8 Å². The zero-order valence-electron chi connectivity index (χ0n) is 16.5. The molecule has 3 aliphatic carbocycles. The van der Waals surface area contributed by atoms with Gasteiger partial charge in [0.2, 0.25) is 23.6 Å². The van der Waals surface area contributed by atoms with Crippen LogP contribution in [-0.2, 0) is 19.2 Å². The van der Waals surface area contributed by atoms with Crippen molar-refractivity contribution in [2.24, 2.45) is 35.5 Å². The van der Waals surface area contributed by atoms with Crippen molar-refractivity contribution in [2.75, 3.05) is 9.80 Å². The smallest absolute Gasteiger partial charge is 0.238 e. The van der Waals surface area contributed by atoms with Gasteiger partial charge >= 0.3 is 0 Å². The molecule has 7 rings (SSSR count). The van der Waals surface area contributed by atoms with Gasteiger partial charge in [-0.05, 0) is 24.3 Å². The van der Waals surface area contributed by atoms with E-state index in [1.165, 1.54) is 48.5 Å². The standard InChI is InChI=1S/C24H16F2N2O4/c25-13-5-1-3-7-15(13)27-21(29)17-11-9-10-12(18(17)22(27)30)20-19(11)23(31)28(24(20)32)16-8-4-2-6-14(16)26/h1-12,17-20H. The maximum absolute atomic E-state index is 14.4. The van der Waals surface area contributed by atoms with Crippen LogP contribution in [0.15, 0.2) is 60.7 Å². The molecule has 160 valence electrons. The third-order valence-corrected chi connectivity index (χ3v) is 7.20. The Morgan fingerprint density at radius 1 is 0.531 bits per heavy atom. The highest BCUT2D eigenvalue weighted by Gasteiger charge is 2.69. The minimum atomic E-state index is -0.865. The summed E-state index contributed by atoms with van der Waals surface area (Å²) in [5, 5.41) is 0. The largest absolute Gasteiger partial charge is 0.274 e. The molecule has 5 aliphatic rings. The van der Waals surface area contributed by atoms with Crippen molar-refractivity contribution >= 4 is 35.0 Å². The Morgan fingerprint density at radius 2 is 0.844 bits per heavy atom. The van der Waals surface area contributed by atoms with Crippen LogP contribution in [0.5, 0.6) is 0 Å². The van der Waals surface area contributed by atoms with Gasteiger partial charge in [-0.15, -0.1) is 0 Å². The van der Waals surface area contributed by atoms with Crippen LogP contribution in [-0.4, -0.2) is 23.6 Å². The van der Waals surface area contributed by atoms with E-state index in [1.807, 2.05) is 0 Å². The maximum atomic E-state index is 14.4. The fourth-order valence-electron chi connectivity index (χ4n) is 5.97. The molecule has 4 atom stereocenters. The Labute approximate surface area is 181 Å². The van der Waals surface area contributed by atoms with Gasteiger partial charge in [-0.2, -0.15) is 0 Å². The number of carbonyl (C=O) groups excluding carboxylic acids is 4. The first-order valence-corrected chi connectivity index (χ1v) is 10.3. The Kier molecular flexibility index (Phi) is 3.82. The minimum absolute atomic E-state index is 0.132. The number of allylic oxidation sites excluding steroid dienone is 2. The van der Waals surface area contributed by atoms with Crippen LogP contribution < -0.4 is 9.80 Å². The number of rotatable bonds is 2. The molecule has 0 aromatic heterocycles. The van der Waals surface area contributed by atoms with Gasteiger partial charge in [0.1, 0.15) is 11.6 Å². The van der Waals surface area contributed by atoms with E-state index in [2.05, 4.69) is 0 Å². The van der Waals surface area contributed by atoms with E-state index in [4.69, 9.17) is 0 Å². The highest BCUT2D eigenvalue weighted by molar-refractivity contribution is 6.26. The van der Waals surface area contributed by atoms with Gasteiger partial charge < -0.3 is 0 Å². The molecule has 2 aromatic carbocycles. The molecule has 6 nitrogen and oxygen atoms in total. The highest BCUT2D eigenvalue weighted by atomic mass is 19.1. The Bertz CT molecular complexity index is 1120. The molecule has 0 radical (unpaired) electrons. The van der Waals surface area contributed by atoms with Gasteiger partial charge in [-0.1, -0.05) is 36.4 Å². The van der Waals surface area contributed by atoms with E-state index in [1.54, 1.807) is 12.2 Å². The molecule has 0 spiro atoms. The van der Waals surface area contributed by atoms with Crippen LogP contribution in [0, 0.1) is 47.1 Å². The fraction of sp³-hybridized carbons (Fsp3) is 0.250. The molecule has 0 N–H and O–H groups in total. The summed E-state index contributed by atoms with van der Waals surface area (Å²) in [6.07, 6.45) is 3.41. The molecular weight excluding hydrogens is 418 g/mol. The van der Waals surface area contributed by atoms with Crippen molar-refractivity contribution in [2.45, 2.75) is 0 Å². The molecule has 1 saturated carbocycles. The summed E-state index contributed by atoms with van der Waals surface area (Å²) in [6.45, 7) is 0. The predicted octanol–water partition coefficient (Wildman–Crippen LogP) is 2.69. The van der Waals surface area contributed by atoms with Crippen LogP contribution in [0.4, 0.5) is 20.2 Å². The van der Waals surface area contributed by atoms with E-state index >= 15 is 0 Å². The maximum Gasteiger partial charge on any atom is 0.238 e. The van der Waals surface area contributed by atoms with Gasteiger partial charge in [0.15, 0.2) is 0 Å². The van der Waals surface area contributed by atoms with E-state index in [-0.39, 0.29) is 11.4 Å². The zero-order valence-corrected chi connectivity index (χ0v) is 16.5. The number of imide groups is 2. The Hall–Kier alpha value is -3.68. The number of hydrogen-bond acceptors (Lipinski definition) is 4. The summed E-state index contributed by atoms with van der Waals surface area (Å²) in [6, 6.07) is 11.0. The van der Waals surface area contributed by atoms with Crippen molar-refractivity contribution in [3.63, 3.8) is 0 Å². The van der Waals surface area contributed by atoms with E-state index in [9.17, 15) is 28.0 Å². The van der Waals surface area contributed by atoms with E-state index < -0.39 is 70.8 Å². The molecule has 2 aromatic rings. The summed E-state index contributed by atoms with van der Waals surface area (Å²) < 4.78 is 28.8. The molecule has 2 heterocycles. The summed E-state index contributed by atoms with van der Waals surface area (Å²) in [7, 11) is 0. The normalized spacial score (nSPS) is 32.7. The van der Waals surface area contributed by atoms with Gasteiger partial charge in [0, 0.05) is 11.8 Å². The van der Waals surface area contributed by atoms with Gasteiger partial charge in [-0.3, -0.25) is 19.2 Å². The van der Waals surface area contributed by atoms with Crippen molar-refractivity contribution < 1.29 is 28.0 Å². The molecule has 3 fully saturated rings. The van der Waals surface area contributed by atoms with Crippen molar-refractivity contribution in [1.82, 2.24) is 0 Å². The van der Waals surface area contributed by atoms with Gasteiger partial charge in [-0.25, -0.2) is 18.6 Å². The average Bonchev–Trinajstić information content (AvgIpc) is 3.22. The number of nitrogens with zero attached hydrogens (tertiary/aromatic N) is 2. The zero-order chi connectivity index (χ0) is 22.3. The van der Waals surface area contributed by atoms with Crippen LogP contribution in [0.1, 0.15) is 0 Å². The predicted molar refractivity (Wildman–Crippen MR) is 108 cm³/mol. The van der Waals surface area contributed by atoms with Crippen molar-refractivity contribution in [1.29, 1.82) is 0 Å². The molecule has 8 heteroatoms. The van der Waals surface area contributed by atoms with Crippen molar-refractivity contribution in [3.05, 3.63) is 72.3 Å². The molecule has 2 aliphatic heterocycles. The first-order chi connectivity index (χ1) is 15.4. The summed E-state index contributed by atoms with van der Waals surface area (Å²) in [5.74, 6) is -8.57. The fourth-order valence-corrected chi connectivity index (χ4v) is 5.97. The van der Waals surface area contributed by atoms with Gasteiger partial charge in [0.05, 0.1) is 35.0 Å². The first-order valence-electron chi connectivity index (χ1n) is 10.3. The Balaban J connectivity index is 1.43. The number of benzene rings is 2. The second kappa shape index (κ2) is 6.41. The number of hydrogen-bond donors (Lipinski definition) is 0. The number of carbonyl (C=O) groups is 4. The third-order valence-electron chi connectivity index (χ3n) is 7.20. The van der Waals surface area contributed by atoms with Crippen molar-refractivity contribution in [3.8, 4) is 0 Å². The van der Waals surface area contributed by atoms with Crippen LogP contribution in [0.3, 0.4) is 0 Å². The summed E-state index contributed by atoms with van der Waals surface area (Å²) in [4.78, 5) is 54.9. The second-order valence-electron chi connectivity index (χ2n) is 8.57. The second-order valence-corrected chi connectivity index (χ2v) is 8.57. The summed E-state index contributed by atoms with van der Waals surface area (Å²) >= 11 is 0. The SMILES string of the molecule is O=C1C2C3C=CC(C2C(=O)N1c1ccccc1F)C1C(=O)N(c2ccccc2F)C(=O)C31. The Morgan fingerprint density at radius 3 is 1.16 bits per heavy atom. The lowest BCUT2D eigenvalue weighted by Gasteiger charge is -2.44. The summed E-state index contributed by atoms with van der Waals surface area (Å²) in [5.41, 5.74) is -0.265. The third kappa shape index (κ3) is 2.21. The lowest BCUT2D eigenvalue weighted by Crippen LogP contribution is -2.50. The lowest BCUT2D eigenvalue weighted by molar-refractivity contribution is -0.137. The average molecular weight is 434 g/mol. The number of amides is 4. The van der Waals surface area contributed by atoms with E-state index in [0.29, 0.717) is 0 Å². The lowest BCUT2D eigenvalue weighted by atomic mass is 9.54. The molecule has 2 bridgehead atoms. The monoisotopic (exact) mass is 434 g/mol. The van der Waals surface area contributed by atoms with Crippen LogP contribution in [0.25, 0.3) is 0 Å². The van der Waals surface area contributed by atoms with Gasteiger partial charge in [0.25, 0.3) is 0 Å². The number of halogens is 2. The quantitative estimate of drug-likeness (QED) is 0.538. The number of para-hydroxylation sites is 2. The highest BCUT2D eigenvalue weighted by Crippen LogP contribution is 2.58. The first kappa shape index (κ1) is 19.0. The molecule has 4 amide bonds.